The number of urea groups is 1. The summed E-state index contributed by atoms with van der Waals surface area (Å²) in [5.74, 6) is 0.259. The number of hydrogen-bond acceptors (Lipinski definition) is 5. The molecule has 0 bridgehead atoms. The molecule has 2 aromatic carbocycles. The van der Waals surface area contributed by atoms with Crippen LogP contribution in [0.1, 0.15) is 51.0 Å². The van der Waals surface area contributed by atoms with Gasteiger partial charge in [0.15, 0.2) is 6.10 Å². The number of benzene rings is 2. The van der Waals surface area contributed by atoms with Gasteiger partial charge in [0.25, 0.3) is 0 Å². The first-order chi connectivity index (χ1) is 18.8. The highest BCUT2D eigenvalue weighted by Gasteiger charge is 2.20. The number of nitrogens with zero attached hydrogens (tertiary/aromatic N) is 1. The molecule has 8 nitrogen and oxygen atoms in total. The summed E-state index contributed by atoms with van der Waals surface area (Å²) in [5.41, 5.74) is 0.845. The van der Waals surface area contributed by atoms with Gasteiger partial charge in [0.1, 0.15) is 18.1 Å². The Balaban J connectivity index is 1.50. The lowest BCUT2D eigenvalue weighted by Crippen LogP contribution is -2.47. The maximum absolute atomic E-state index is 13.1. The van der Waals surface area contributed by atoms with Gasteiger partial charge in [-0.1, -0.05) is 54.6 Å². The van der Waals surface area contributed by atoms with E-state index in [1.54, 1.807) is 42.2 Å². The van der Waals surface area contributed by atoms with Gasteiger partial charge in [-0.15, -0.1) is 0 Å². The molecular weight excluding hydrogens is 543 g/mol. The molecule has 1 aliphatic rings. The zero-order valence-corrected chi connectivity index (χ0v) is 23.9. The van der Waals surface area contributed by atoms with Crippen LogP contribution in [-0.2, 0) is 16.0 Å². The predicted molar refractivity (Wildman–Crippen MR) is 152 cm³/mol. The third kappa shape index (κ3) is 11.1. The number of carbonyl (C=O) groups excluding carboxylic acids is 1. The number of nitrogens with one attached hydrogen (secondary N) is 1. The first kappa shape index (κ1) is 30.9. The minimum absolute atomic E-state index is 0.0951. The zero-order chi connectivity index (χ0) is 28.0. The van der Waals surface area contributed by atoms with Gasteiger partial charge in [-0.05, 0) is 62.1 Å². The van der Waals surface area contributed by atoms with Gasteiger partial charge < -0.3 is 29.5 Å². The molecule has 0 aliphatic heterocycles. The molecule has 3 rings (SSSR count). The van der Waals surface area contributed by atoms with E-state index in [1.807, 2.05) is 12.1 Å². The minimum Gasteiger partial charge on any atom is -0.493 e. The number of carboxylic acid groups (broad SMARTS) is 1. The van der Waals surface area contributed by atoms with Gasteiger partial charge in [-0.3, -0.25) is 0 Å². The van der Waals surface area contributed by atoms with Crippen molar-refractivity contribution in [1.29, 1.82) is 0 Å². The van der Waals surface area contributed by atoms with Crippen LogP contribution >= 0.6 is 23.2 Å². The second-order valence-corrected chi connectivity index (χ2v) is 10.4. The standard InChI is InChI=1S/C29H38Cl2N2O6/c1-2-37-27(28(34)35)17-21-9-11-25(12-10-21)39-16-14-33(29(36)32-24-7-4-3-5-8-24)13-6-15-38-26-19-22(30)18-23(31)20-26/h9-12,18-20,24,27H,2-8,13-17H2,1H3,(H,32,36)(H,34,35). The summed E-state index contributed by atoms with van der Waals surface area (Å²) in [6.45, 7) is 3.75. The maximum atomic E-state index is 13.1. The SMILES string of the molecule is CCOC(Cc1ccc(OCCN(CCCOc2cc(Cl)cc(Cl)c2)C(=O)NC2CCCCC2)cc1)C(=O)O. The third-order valence-electron chi connectivity index (χ3n) is 6.51. The van der Waals surface area contributed by atoms with Crippen molar-refractivity contribution in [3.63, 3.8) is 0 Å². The molecule has 1 atom stereocenters. The van der Waals surface area contributed by atoms with Crippen LogP contribution in [0.5, 0.6) is 11.5 Å². The van der Waals surface area contributed by atoms with Crippen LogP contribution in [0.4, 0.5) is 4.79 Å². The average molecular weight is 582 g/mol. The largest absolute Gasteiger partial charge is 0.493 e. The third-order valence-corrected chi connectivity index (χ3v) is 6.95. The van der Waals surface area contributed by atoms with Gasteiger partial charge in [0.2, 0.25) is 0 Å². The number of halogens is 2. The van der Waals surface area contributed by atoms with Crippen LogP contribution in [0.3, 0.4) is 0 Å². The Labute approximate surface area is 240 Å². The van der Waals surface area contributed by atoms with E-state index in [0.717, 1.165) is 31.2 Å². The van der Waals surface area contributed by atoms with Gasteiger partial charge in [-0.25, -0.2) is 9.59 Å². The first-order valence-corrected chi connectivity index (χ1v) is 14.3. The molecule has 10 heteroatoms. The molecule has 0 spiro atoms. The lowest BCUT2D eigenvalue weighted by atomic mass is 9.96. The van der Waals surface area contributed by atoms with E-state index >= 15 is 0 Å². The Morgan fingerprint density at radius 1 is 0.974 bits per heavy atom. The monoisotopic (exact) mass is 580 g/mol. The van der Waals surface area contributed by atoms with E-state index in [0.29, 0.717) is 60.9 Å². The van der Waals surface area contributed by atoms with Crippen molar-refractivity contribution < 1.29 is 28.9 Å². The lowest BCUT2D eigenvalue weighted by molar-refractivity contribution is -0.149. The summed E-state index contributed by atoms with van der Waals surface area (Å²) in [7, 11) is 0. The van der Waals surface area contributed by atoms with E-state index < -0.39 is 12.1 Å². The Hall–Kier alpha value is -2.68. The maximum Gasteiger partial charge on any atom is 0.333 e. The molecule has 1 fully saturated rings. The van der Waals surface area contributed by atoms with Crippen LogP contribution in [-0.4, -0.2) is 67.1 Å². The summed E-state index contributed by atoms with van der Waals surface area (Å²) < 4.78 is 17.0. The summed E-state index contributed by atoms with van der Waals surface area (Å²) in [6.07, 6.45) is 5.54. The molecule has 1 saturated carbocycles. The Morgan fingerprint density at radius 3 is 2.28 bits per heavy atom. The van der Waals surface area contributed by atoms with Gasteiger partial charge in [-0.2, -0.15) is 0 Å². The fourth-order valence-corrected chi connectivity index (χ4v) is 5.02. The molecule has 2 N–H and O–H groups in total. The van der Waals surface area contributed by atoms with Crippen molar-refractivity contribution in [3.05, 3.63) is 58.1 Å². The normalized spacial score (nSPS) is 14.4. The number of rotatable bonds is 15. The van der Waals surface area contributed by atoms with Crippen LogP contribution in [0, 0.1) is 0 Å². The van der Waals surface area contributed by atoms with E-state index in [2.05, 4.69) is 5.32 Å². The highest BCUT2D eigenvalue weighted by molar-refractivity contribution is 6.34. The quantitative estimate of drug-likeness (QED) is 0.243. The molecule has 0 aromatic heterocycles. The van der Waals surface area contributed by atoms with Gasteiger partial charge in [0.05, 0.1) is 13.2 Å². The molecular formula is C29H38Cl2N2O6. The fraction of sp³-hybridized carbons (Fsp3) is 0.517. The topological polar surface area (TPSA) is 97.3 Å². The first-order valence-electron chi connectivity index (χ1n) is 13.5. The number of amides is 2. The van der Waals surface area contributed by atoms with Crippen molar-refractivity contribution in [2.45, 2.75) is 64.0 Å². The molecule has 0 saturated heterocycles. The Kier molecular flexibility index (Phi) is 13.0. The average Bonchev–Trinajstić information content (AvgIpc) is 2.90. The molecule has 0 radical (unpaired) electrons. The van der Waals surface area contributed by atoms with Crippen molar-refractivity contribution >= 4 is 35.2 Å². The zero-order valence-electron chi connectivity index (χ0n) is 22.4. The van der Waals surface area contributed by atoms with Crippen molar-refractivity contribution in [3.8, 4) is 11.5 Å². The van der Waals surface area contributed by atoms with Crippen molar-refractivity contribution in [2.75, 3.05) is 32.9 Å². The van der Waals surface area contributed by atoms with E-state index in [-0.39, 0.29) is 18.5 Å². The van der Waals surface area contributed by atoms with Gasteiger partial charge >= 0.3 is 12.0 Å². The number of ether oxygens (including phenoxy) is 3. The number of carboxylic acids is 1. The smallest absolute Gasteiger partial charge is 0.333 e. The van der Waals surface area contributed by atoms with Crippen LogP contribution < -0.4 is 14.8 Å². The predicted octanol–water partition coefficient (Wildman–Crippen LogP) is 6.22. The molecule has 1 aliphatic carbocycles. The lowest BCUT2D eigenvalue weighted by Gasteiger charge is -2.28. The molecule has 2 aromatic rings. The highest BCUT2D eigenvalue weighted by atomic mass is 35.5. The minimum atomic E-state index is -0.981. The van der Waals surface area contributed by atoms with Crippen LogP contribution in [0.25, 0.3) is 0 Å². The van der Waals surface area contributed by atoms with Crippen molar-refractivity contribution in [1.82, 2.24) is 10.2 Å². The highest BCUT2D eigenvalue weighted by Crippen LogP contribution is 2.24. The fourth-order valence-electron chi connectivity index (χ4n) is 4.51. The summed E-state index contributed by atoms with van der Waals surface area (Å²) >= 11 is 12.1. The molecule has 0 heterocycles. The second kappa shape index (κ2) is 16.4. The van der Waals surface area contributed by atoms with Crippen molar-refractivity contribution in [2.24, 2.45) is 0 Å². The van der Waals surface area contributed by atoms with E-state index in [1.165, 1.54) is 6.42 Å². The van der Waals surface area contributed by atoms with Crippen LogP contribution in [0.15, 0.2) is 42.5 Å². The number of hydrogen-bond donors (Lipinski definition) is 2. The molecule has 2 amide bonds. The molecule has 1 unspecified atom stereocenters. The Bertz CT molecular complexity index is 1030. The van der Waals surface area contributed by atoms with E-state index in [9.17, 15) is 14.7 Å². The summed E-state index contributed by atoms with van der Waals surface area (Å²) in [6, 6.07) is 12.4. The number of aliphatic carboxylic acids is 1. The van der Waals surface area contributed by atoms with E-state index in [4.69, 9.17) is 37.4 Å². The van der Waals surface area contributed by atoms with Crippen LogP contribution in [0.2, 0.25) is 10.0 Å². The Morgan fingerprint density at radius 2 is 1.64 bits per heavy atom. The number of carbonyl (C=O) groups is 2. The summed E-state index contributed by atoms with van der Waals surface area (Å²) in [4.78, 5) is 26.2. The molecule has 39 heavy (non-hydrogen) atoms. The molecule has 214 valence electrons. The second-order valence-electron chi connectivity index (χ2n) is 9.56. The summed E-state index contributed by atoms with van der Waals surface area (Å²) in [5, 5.41) is 13.5. The van der Waals surface area contributed by atoms with Gasteiger partial charge in [0, 0.05) is 35.7 Å².